The quantitative estimate of drug-likeness (QED) is 0.498. The van der Waals surface area contributed by atoms with Gasteiger partial charge in [-0.15, -0.1) is 0 Å². The minimum Gasteiger partial charge on any atom is -0.488 e. The van der Waals surface area contributed by atoms with Gasteiger partial charge in [0.25, 0.3) is 5.91 Å². The van der Waals surface area contributed by atoms with E-state index in [0.717, 1.165) is 5.56 Å². The molecule has 3 nitrogen and oxygen atoms in total. The first kappa shape index (κ1) is 18.9. The molecule has 1 fully saturated rings. The van der Waals surface area contributed by atoms with Crippen LogP contribution in [0, 0.1) is 5.82 Å². The molecule has 0 spiro atoms. The molecule has 7 heteroatoms. The molecule has 2 aromatic rings. The number of nitrogens with zero attached hydrogens (tertiary/aromatic N) is 1. The van der Waals surface area contributed by atoms with Crippen LogP contribution in [0.4, 0.5) is 4.39 Å². The Morgan fingerprint density at radius 1 is 1.27 bits per heavy atom. The van der Waals surface area contributed by atoms with Crippen LogP contribution in [-0.4, -0.2) is 21.7 Å². The highest BCUT2D eigenvalue weighted by Crippen LogP contribution is 2.35. The molecular formula is C19H15ClFNO2S2. The Morgan fingerprint density at radius 3 is 2.65 bits per heavy atom. The lowest BCUT2D eigenvalue weighted by atomic mass is 10.1. The molecule has 1 aliphatic heterocycles. The predicted molar refractivity (Wildman–Crippen MR) is 108 cm³/mol. The van der Waals surface area contributed by atoms with Crippen molar-refractivity contribution in [2.45, 2.75) is 13.5 Å². The second kappa shape index (κ2) is 8.20. The summed E-state index contributed by atoms with van der Waals surface area (Å²) >= 11 is 12.6. The van der Waals surface area contributed by atoms with Gasteiger partial charge in [0.15, 0.2) is 0 Å². The lowest BCUT2D eigenvalue weighted by Crippen LogP contribution is -2.27. The molecule has 0 N–H and O–H groups in total. The number of rotatable bonds is 5. The molecule has 0 unspecified atom stereocenters. The molecule has 0 aromatic heterocycles. The summed E-state index contributed by atoms with van der Waals surface area (Å²) in [4.78, 5) is 14.5. The first-order valence-corrected chi connectivity index (χ1v) is 9.50. The maximum Gasteiger partial charge on any atom is 0.266 e. The van der Waals surface area contributed by atoms with Crippen LogP contribution in [-0.2, 0) is 11.4 Å². The summed E-state index contributed by atoms with van der Waals surface area (Å²) in [6, 6.07) is 11.3. The van der Waals surface area contributed by atoms with Crippen LogP contribution in [0.5, 0.6) is 5.75 Å². The monoisotopic (exact) mass is 407 g/mol. The first-order chi connectivity index (χ1) is 12.5. The van der Waals surface area contributed by atoms with Crippen LogP contribution in [0.2, 0.25) is 5.02 Å². The zero-order valence-electron chi connectivity index (χ0n) is 13.9. The van der Waals surface area contributed by atoms with Crippen molar-refractivity contribution in [1.29, 1.82) is 0 Å². The zero-order chi connectivity index (χ0) is 18.7. The predicted octanol–water partition coefficient (Wildman–Crippen LogP) is 5.28. The molecule has 0 saturated carbocycles. The van der Waals surface area contributed by atoms with E-state index in [1.54, 1.807) is 41.3 Å². The van der Waals surface area contributed by atoms with E-state index in [0.29, 0.717) is 32.1 Å². The summed E-state index contributed by atoms with van der Waals surface area (Å²) in [6.45, 7) is 2.69. The summed E-state index contributed by atoms with van der Waals surface area (Å²) in [7, 11) is 0. The van der Waals surface area contributed by atoms with Gasteiger partial charge in [-0.05, 0) is 48.9 Å². The van der Waals surface area contributed by atoms with E-state index in [2.05, 4.69) is 0 Å². The van der Waals surface area contributed by atoms with Crippen molar-refractivity contribution in [1.82, 2.24) is 4.90 Å². The van der Waals surface area contributed by atoms with Crippen LogP contribution in [0.3, 0.4) is 0 Å². The second-order valence-corrected chi connectivity index (χ2v) is 7.64. The van der Waals surface area contributed by atoms with Crippen LogP contribution >= 0.6 is 35.6 Å². The van der Waals surface area contributed by atoms with Crippen LogP contribution in [0.25, 0.3) is 6.08 Å². The molecule has 1 saturated heterocycles. The Hall–Kier alpha value is -1.89. The summed E-state index contributed by atoms with van der Waals surface area (Å²) in [5, 5.41) is 0.538. The number of likely N-dealkylation sites (N-methyl/N-ethyl adjacent to an activating group) is 1. The lowest BCUT2D eigenvalue weighted by Gasteiger charge is -2.11. The van der Waals surface area contributed by atoms with Gasteiger partial charge in [-0.25, -0.2) is 4.39 Å². The van der Waals surface area contributed by atoms with Gasteiger partial charge in [0.05, 0.1) is 4.91 Å². The number of halogens is 2. The fraction of sp³-hybridized carbons (Fsp3) is 0.158. The first-order valence-electron chi connectivity index (χ1n) is 7.90. The van der Waals surface area contributed by atoms with Gasteiger partial charge in [-0.1, -0.05) is 47.7 Å². The Labute approximate surface area is 165 Å². The normalized spacial score (nSPS) is 15.8. The number of carbonyl (C=O) groups is 1. The molecule has 1 aliphatic rings. The minimum atomic E-state index is -0.293. The van der Waals surface area contributed by atoms with E-state index < -0.39 is 0 Å². The average Bonchev–Trinajstić information content (AvgIpc) is 2.88. The van der Waals surface area contributed by atoms with E-state index >= 15 is 0 Å². The zero-order valence-corrected chi connectivity index (χ0v) is 16.3. The number of benzene rings is 2. The molecule has 1 amide bonds. The van der Waals surface area contributed by atoms with E-state index in [4.69, 9.17) is 28.6 Å². The average molecular weight is 408 g/mol. The van der Waals surface area contributed by atoms with Crippen LogP contribution in [0.1, 0.15) is 18.1 Å². The maximum absolute atomic E-state index is 13.0. The van der Waals surface area contributed by atoms with Crippen LogP contribution < -0.4 is 4.74 Å². The summed E-state index contributed by atoms with van der Waals surface area (Å²) in [6.07, 6.45) is 1.74. The fourth-order valence-electron chi connectivity index (χ4n) is 2.42. The topological polar surface area (TPSA) is 29.5 Å². The summed E-state index contributed by atoms with van der Waals surface area (Å²) in [5.41, 5.74) is 1.53. The van der Waals surface area contributed by atoms with Crippen molar-refractivity contribution in [2.75, 3.05) is 6.54 Å². The van der Waals surface area contributed by atoms with Crippen molar-refractivity contribution in [3.8, 4) is 5.75 Å². The van der Waals surface area contributed by atoms with Crippen molar-refractivity contribution >= 4 is 51.9 Å². The van der Waals surface area contributed by atoms with E-state index in [1.165, 1.54) is 23.9 Å². The van der Waals surface area contributed by atoms with E-state index in [-0.39, 0.29) is 18.3 Å². The minimum absolute atomic E-state index is 0.119. The van der Waals surface area contributed by atoms with Crippen molar-refractivity contribution in [2.24, 2.45) is 0 Å². The van der Waals surface area contributed by atoms with Gasteiger partial charge >= 0.3 is 0 Å². The SMILES string of the molecule is CCN1C(=O)/C(=C\c2cc(Cl)ccc2OCc2ccc(F)cc2)SC1=S. The van der Waals surface area contributed by atoms with Gasteiger partial charge in [0.2, 0.25) is 0 Å². The van der Waals surface area contributed by atoms with Crippen molar-refractivity contribution in [3.05, 3.63) is 69.3 Å². The number of thiocarbonyl (C=S) groups is 1. The number of thioether (sulfide) groups is 1. The highest BCUT2D eigenvalue weighted by molar-refractivity contribution is 8.26. The Balaban J connectivity index is 1.84. The maximum atomic E-state index is 13.0. The molecule has 26 heavy (non-hydrogen) atoms. The molecule has 0 aliphatic carbocycles. The molecule has 1 heterocycles. The summed E-state index contributed by atoms with van der Waals surface area (Å²) in [5.74, 6) is 0.173. The van der Waals surface area contributed by atoms with E-state index in [9.17, 15) is 9.18 Å². The Bertz CT molecular complexity index is 884. The van der Waals surface area contributed by atoms with Gasteiger partial charge in [0.1, 0.15) is 22.5 Å². The van der Waals surface area contributed by atoms with Gasteiger partial charge in [-0.3, -0.25) is 9.69 Å². The standard InChI is InChI=1S/C19H15ClFNO2S2/c1-2-22-18(23)17(26-19(22)25)10-13-9-14(20)5-8-16(13)24-11-12-3-6-15(21)7-4-12/h3-10H,2,11H2,1H3/b17-10+. The lowest BCUT2D eigenvalue weighted by molar-refractivity contribution is -0.121. The van der Waals surface area contributed by atoms with Gasteiger partial charge in [0, 0.05) is 17.1 Å². The molecule has 0 bridgehead atoms. The molecule has 134 valence electrons. The highest BCUT2D eigenvalue weighted by atomic mass is 35.5. The third-order valence-electron chi connectivity index (χ3n) is 3.76. The number of hydrogen-bond donors (Lipinski definition) is 0. The molecule has 3 rings (SSSR count). The summed E-state index contributed by atoms with van der Waals surface area (Å²) < 4.78 is 19.4. The molecule has 0 radical (unpaired) electrons. The largest absolute Gasteiger partial charge is 0.488 e. The van der Waals surface area contributed by atoms with Gasteiger partial charge < -0.3 is 4.74 Å². The Morgan fingerprint density at radius 2 is 2.00 bits per heavy atom. The van der Waals surface area contributed by atoms with Crippen molar-refractivity contribution in [3.63, 3.8) is 0 Å². The smallest absolute Gasteiger partial charge is 0.266 e. The molecule has 0 atom stereocenters. The van der Waals surface area contributed by atoms with E-state index in [1.807, 2.05) is 6.92 Å². The second-order valence-electron chi connectivity index (χ2n) is 5.52. The number of ether oxygens (including phenoxy) is 1. The number of carbonyl (C=O) groups excluding carboxylic acids is 1. The van der Waals surface area contributed by atoms with Crippen molar-refractivity contribution < 1.29 is 13.9 Å². The number of amides is 1. The third-order valence-corrected chi connectivity index (χ3v) is 5.37. The highest BCUT2D eigenvalue weighted by Gasteiger charge is 2.30. The number of hydrogen-bond acceptors (Lipinski definition) is 4. The van der Waals surface area contributed by atoms with Gasteiger partial charge in [-0.2, -0.15) is 0 Å². The van der Waals surface area contributed by atoms with Crippen LogP contribution in [0.15, 0.2) is 47.4 Å². The molecule has 2 aromatic carbocycles. The Kier molecular flexibility index (Phi) is 5.96. The fourth-order valence-corrected chi connectivity index (χ4v) is 3.97. The molecular weight excluding hydrogens is 393 g/mol. The third kappa shape index (κ3) is 4.26.